The first-order valence-corrected chi connectivity index (χ1v) is 16.3. The van der Waals surface area contributed by atoms with E-state index < -0.39 is 12.1 Å². The van der Waals surface area contributed by atoms with E-state index in [1.807, 2.05) is 104 Å². The van der Waals surface area contributed by atoms with Crippen LogP contribution < -0.4 is 20.1 Å². The third kappa shape index (κ3) is 10.8. The molecule has 8 nitrogen and oxygen atoms in total. The van der Waals surface area contributed by atoms with Crippen LogP contribution in [0.5, 0.6) is 11.5 Å². The number of nitrogens with one attached hydrogen (secondary N) is 2. The van der Waals surface area contributed by atoms with Crippen molar-refractivity contribution in [1.82, 2.24) is 15.5 Å². The van der Waals surface area contributed by atoms with Crippen molar-refractivity contribution < 1.29 is 24.2 Å². The van der Waals surface area contributed by atoms with Gasteiger partial charge in [-0.2, -0.15) is 0 Å². The first-order valence-electron chi connectivity index (χ1n) is 16.3. The van der Waals surface area contributed by atoms with E-state index in [4.69, 9.17) is 9.47 Å². The summed E-state index contributed by atoms with van der Waals surface area (Å²) in [6.45, 7) is 6.15. The molecular formula is C39H48ClN3O5. The molecule has 256 valence electrons. The van der Waals surface area contributed by atoms with Crippen LogP contribution in [0.15, 0.2) is 97.1 Å². The number of nitrogens with zero attached hydrogens (tertiary/aromatic N) is 1. The lowest BCUT2D eigenvalue weighted by atomic mass is 9.97. The maximum atomic E-state index is 14.0. The summed E-state index contributed by atoms with van der Waals surface area (Å²) >= 11 is 0. The highest BCUT2D eigenvalue weighted by Crippen LogP contribution is 2.26. The van der Waals surface area contributed by atoms with Crippen molar-refractivity contribution in [3.63, 3.8) is 0 Å². The molecule has 0 saturated heterocycles. The zero-order valence-electron chi connectivity index (χ0n) is 28.3. The lowest BCUT2D eigenvalue weighted by Crippen LogP contribution is -2.48. The van der Waals surface area contributed by atoms with Crippen LogP contribution in [-0.4, -0.2) is 67.8 Å². The van der Waals surface area contributed by atoms with E-state index in [2.05, 4.69) is 10.6 Å². The Kier molecular flexibility index (Phi) is 15.4. The number of methoxy groups -OCH3 is 2. The summed E-state index contributed by atoms with van der Waals surface area (Å²) in [6.07, 6.45) is 1.21. The lowest BCUT2D eigenvalue weighted by Gasteiger charge is -2.26. The minimum atomic E-state index is -0.889. The van der Waals surface area contributed by atoms with Crippen LogP contribution in [0.2, 0.25) is 0 Å². The average molecular weight is 674 g/mol. The Morgan fingerprint density at radius 2 is 1.40 bits per heavy atom. The van der Waals surface area contributed by atoms with Crippen LogP contribution in [0.3, 0.4) is 0 Å². The number of carbonyl (C=O) groups excluding carboxylic acids is 2. The molecule has 48 heavy (non-hydrogen) atoms. The van der Waals surface area contributed by atoms with E-state index in [1.165, 1.54) is 0 Å². The standard InChI is InChI=1S/C39H47N3O5.ClH/c1-5-19-42(20-6-2)39(45)33-24-31(30-15-17-34(46-3)18-16-30)23-32(25-33)38(44)41-36(22-28-11-8-7-9-12-28)37(43)27-40-26-29-13-10-14-35(21-29)47-4;/h7-18,21,23-25,36-37,40,43H,5-6,19-20,22,26-27H2,1-4H3,(H,41,44);1H/t36-,37+;/m0./s1. The van der Waals surface area contributed by atoms with Gasteiger partial charge in [0.15, 0.2) is 0 Å². The van der Waals surface area contributed by atoms with Crippen LogP contribution in [0, 0.1) is 0 Å². The molecule has 2 amide bonds. The van der Waals surface area contributed by atoms with E-state index in [0.29, 0.717) is 42.9 Å². The predicted octanol–water partition coefficient (Wildman–Crippen LogP) is 6.55. The molecule has 0 saturated carbocycles. The Labute approximate surface area is 290 Å². The number of rotatable bonds is 17. The molecule has 0 unspecified atom stereocenters. The zero-order valence-corrected chi connectivity index (χ0v) is 29.1. The second-order valence-corrected chi connectivity index (χ2v) is 11.6. The molecule has 4 rings (SSSR count). The van der Waals surface area contributed by atoms with Gasteiger partial charge in [-0.1, -0.05) is 68.4 Å². The SMILES string of the molecule is CCCN(CCC)C(=O)c1cc(C(=O)N[C@@H](Cc2ccccc2)[C@H](O)CNCc2cccc(OC)c2)cc(-c2ccc(OC)cc2)c1.Cl. The van der Waals surface area contributed by atoms with Crippen molar-refractivity contribution in [3.05, 3.63) is 119 Å². The number of benzene rings is 4. The minimum Gasteiger partial charge on any atom is -0.497 e. The summed E-state index contributed by atoms with van der Waals surface area (Å²) in [5.74, 6) is 1.01. The molecule has 9 heteroatoms. The summed E-state index contributed by atoms with van der Waals surface area (Å²) in [5.41, 5.74) is 4.41. The quantitative estimate of drug-likeness (QED) is 0.118. The number of ether oxygens (including phenoxy) is 2. The van der Waals surface area contributed by atoms with E-state index >= 15 is 0 Å². The summed E-state index contributed by atoms with van der Waals surface area (Å²) < 4.78 is 10.7. The highest BCUT2D eigenvalue weighted by atomic mass is 35.5. The second kappa shape index (κ2) is 19.5. The van der Waals surface area contributed by atoms with Crippen LogP contribution in [0.4, 0.5) is 0 Å². The largest absolute Gasteiger partial charge is 0.497 e. The third-order valence-corrected chi connectivity index (χ3v) is 8.04. The van der Waals surface area contributed by atoms with Crippen LogP contribution >= 0.6 is 12.4 Å². The number of hydrogen-bond acceptors (Lipinski definition) is 6. The molecule has 0 spiro atoms. The van der Waals surface area contributed by atoms with Crippen LogP contribution in [-0.2, 0) is 13.0 Å². The van der Waals surface area contributed by atoms with Gasteiger partial charge in [0, 0.05) is 37.3 Å². The monoisotopic (exact) mass is 673 g/mol. The molecule has 0 fully saturated rings. The highest BCUT2D eigenvalue weighted by molar-refractivity contribution is 6.01. The molecular weight excluding hydrogens is 626 g/mol. The molecule has 0 aliphatic rings. The molecule has 2 atom stereocenters. The molecule has 4 aromatic carbocycles. The molecule has 3 N–H and O–H groups in total. The van der Waals surface area contributed by atoms with Gasteiger partial charge in [-0.3, -0.25) is 9.59 Å². The number of aliphatic hydroxyl groups excluding tert-OH is 1. The van der Waals surface area contributed by atoms with Gasteiger partial charge in [-0.25, -0.2) is 0 Å². The van der Waals surface area contributed by atoms with Gasteiger partial charge in [0.25, 0.3) is 11.8 Å². The van der Waals surface area contributed by atoms with Gasteiger partial charge in [0.05, 0.1) is 26.4 Å². The molecule has 0 bridgehead atoms. The third-order valence-electron chi connectivity index (χ3n) is 8.04. The van der Waals surface area contributed by atoms with E-state index in [0.717, 1.165) is 40.8 Å². The summed E-state index contributed by atoms with van der Waals surface area (Å²) in [7, 11) is 3.24. The summed E-state index contributed by atoms with van der Waals surface area (Å²) in [6, 6.07) is 29.8. The zero-order chi connectivity index (χ0) is 33.6. The Balaban J connectivity index is 0.00000625. The number of carbonyl (C=O) groups is 2. The predicted molar refractivity (Wildman–Crippen MR) is 194 cm³/mol. The topological polar surface area (TPSA) is 100 Å². The maximum Gasteiger partial charge on any atom is 0.253 e. The van der Waals surface area contributed by atoms with Crippen molar-refractivity contribution in [2.75, 3.05) is 33.9 Å². The van der Waals surface area contributed by atoms with Crippen LogP contribution in [0.25, 0.3) is 11.1 Å². The minimum absolute atomic E-state index is 0. The molecule has 0 aromatic heterocycles. The number of hydrogen-bond donors (Lipinski definition) is 3. The lowest BCUT2D eigenvalue weighted by molar-refractivity contribution is 0.0755. The van der Waals surface area contributed by atoms with Crippen LogP contribution in [0.1, 0.15) is 58.5 Å². The average Bonchev–Trinajstić information content (AvgIpc) is 3.11. The highest BCUT2D eigenvalue weighted by Gasteiger charge is 2.24. The Morgan fingerprint density at radius 3 is 2.04 bits per heavy atom. The number of halogens is 1. The van der Waals surface area contributed by atoms with E-state index in [-0.39, 0.29) is 30.8 Å². The van der Waals surface area contributed by atoms with Gasteiger partial charge in [0.2, 0.25) is 0 Å². The van der Waals surface area contributed by atoms with Crippen molar-refractivity contribution in [3.8, 4) is 22.6 Å². The van der Waals surface area contributed by atoms with E-state index in [9.17, 15) is 14.7 Å². The maximum absolute atomic E-state index is 14.0. The molecule has 0 aliphatic heterocycles. The van der Waals surface area contributed by atoms with Gasteiger partial charge < -0.3 is 30.1 Å². The number of amides is 2. The van der Waals surface area contributed by atoms with Crippen molar-refractivity contribution in [2.24, 2.45) is 0 Å². The second-order valence-electron chi connectivity index (χ2n) is 11.6. The fraction of sp³-hybridized carbons (Fsp3) is 0.333. The van der Waals surface area contributed by atoms with E-state index in [1.54, 1.807) is 26.4 Å². The van der Waals surface area contributed by atoms with Gasteiger partial charge in [-0.15, -0.1) is 12.4 Å². The van der Waals surface area contributed by atoms with Gasteiger partial charge in [0.1, 0.15) is 11.5 Å². The Hall–Kier alpha value is -4.37. The fourth-order valence-corrected chi connectivity index (χ4v) is 5.56. The smallest absolute Gasteiger partial charge is 0.253 e. The molecule has 0 aliphatic carbocycles. The first kappa shape index (κ1) is 38.1. The van der Waals surface area contributed by atoms with Crippen molar-refractivity contribution >= 4 is 24.2 Å². The fourth-order valence-electron chi connectivity index (χ4n) is 5.56. The Bertz CT molecular complexity index is 1580. The first-order chi connectivity index (χ1) is 22.8. The molecule has 4 aromatic rings. The van der Waals surface area contributed by atoms with Gasteiger partial charge in [-0.05, 0) is 84.0 Å². The summed E-state index contributed by atoms with van der Waals surface area (Å²) in [5, 5.41) is 17.8. The normalized spacial score (nSPS) is 11.9. The van der Waals surface area contributed by atoms with Gasteiger partial charge >= 0.3 is 0 Å². The van der Waals surface area contributed by atoms with Crippen molar-refractivity contribution in [1.29, 1.82) is 0 Å². The molecule has 0 heterocycles. The van der Waals surface area contributed by atoms with Crippen molar-refractivity contribution in [2.45, 2.75) is 51.8 Å². The number of aliphatic hydroxyl groups is 1. The summed E-state index contributed by atoms with van der Waals surface area (Å²) in [4.78, 5) is 29.6. The Morgan fingerprint density at radius 1 is 0.750 bits per heavy atom. The molecule has 0 radical (unpaired) electrons.